The van der Waals surface area contributed by atoms with Crippen molar-refractivity contribution in [1.82, 2.24) is 5.32 Å². The van der Waals surface area contributed by atoms with Crippen molar-refractivity contribution in [2.75, 3.05) is 13.2 Å². The lowest BCUT2D eigenvalue weighted by Crippen LogP contribution is -2.45. The van der Waals surface area contributed by atoms with E-state index in [2.05, 4.69) is 26.1 Å². The summed E-state index contributed by atoms with van der Waals surface area (Å²) in [4.78, 5) is 12.3. The van der Waals surface area contributed by atoms with Gasteiger partial charge in [0.2, 0.25) is 5.91 Å². The van der Waals surface area contributed by atoms with Crippen LogP contribution in [0.25, 0.3) is 0 Å². The Hall–Kier alpha value is -0.570. The van der Waals surface area contributed by atoms with Crippen molar-refractivity contribution in [2.45, 2.75) is 71.8 Å². The number of nitrogens with one attached hydrogen (secondary N) is 1. The Labute approximate surface area is 135 Å². The van der Waals surface area contributed by atoms with Crippen LogP contribution in [0.2, 0.25) is 0 Å². The van der Waals surface area contributed by atoms with Gasteiger partial charge in [0.05, 0.1) is 6.10 Å². The molecule has 3 nitrogen and oxygen atoms in total. The minimum Gasteiger partial charge on any atom is -0.377 e. The quantitative estimate of drug-likeness (QED) is 0.858. The molecule has 22 heavy (non-hydrogen) atoms. The molecule has 5 atom stereocenters. The van der Waals surface area contributed by atoms with E-state index in [9.17, 15) is 4.79 Å². The molecule has 1 N–H and O–H groups in total. The molecule has 0 aromatic rings. The van der Waals surface area contributed by atoms with Gasteiger partial charge in [0.15, 0.2) is 0 Å². The zero-order chi connectivity index (χ0) is 15.7. The second-order valence-electron chi connectivity index (χ2n) is 9.00. The lowest BCUT2D eigenvalue weighted by Gasteiger charge is -2.40. The van der Waals surface area contributed by atoms with Gasteiger partial charge < -0.3 is 10.1 Å². The molecule has 0 spiro atoms. The number of hydrogen-bond acceptors (Lipinski definition) is 2. The topological polar surface area (TPSA) is 38.3 Å². The van der Waals surface area contributed by atoms with E-state index in [4.69, 9.17) is 4.74 Å². The van der Waals surface area contributed by atoms with Crippen molar-refractivity contribution in [3.05, 3.63) is 0 Å². The molecule has 1 aliphatic heterocycles. The first-order chi connectivity index (χ1) is 10.4. The number of carbonyl (C=O) groups excluding carboxylic acids is 1. The van der Waals surface area contributed by atoms with Crippen LogP contribution in [0.5, 0.6) is 0 Å². The maximum atomic E-state index is 12.3. The molecule has 126 valence electrons. The highest BCUT2D eigenvalue weighted by Gasteiger charge is 2.40. The molecule has 3 heteroatoms. The SMILES string of the molecule is CC(C)(C)[C@@H]1OCCC[C@@H]1CNC(=O)C[C@@H]1C[C@H]2CC[C@H]1C2. The van der Waals surface area contributed by atoms with Gasteiger partial charge >= 0.3 is 0 Å². The van der Waals surface area contributed by atoms with Gasteiger partial charge in [-0.25, -0.2) is 0 Å². The van der Waals surface area contributed by atoms with Crippen LogP contribution in [0.3, 0.4) is 0 Å². The van der Waals surface area contributed by atoms with Crippen LogP contribution in [0.1, 0.15) is 65.7 Å². The predicted molar refractivity (Wildman–Crippen MR) is 88.5 cm³/mol. The Balaban J connectivity index is 1.45. The number of ether oxygens (including phenoxy) is 1. The largest absolute Gasteiger partial charge is 0.377 e. The van der Waals surface area contributed by atoms with Gasteiger partial charge in [-0.2, -0.15) is 0 Å². The number of fused-ring (bicyclic) bond motifs is 2. The van der Waals surface area contributed by atoms with Crippen molar-refractivity contribution < 1.29 is 9.53 Å². The average molecular weight is 307 g/mol. The Morgan fingerprint density at radius 2 is 1.95 bits per heavy atom. The molecule has 0 unspecified atom stereocenters. The van der Waals surface area contributed by atoms with Crippen molar-refractivity contribution >= 4 is 5.91 Å². The molecular formula is C19H33NO2. The summed E-state index contributed by atoms with van der Waals surface area (Å²) in [7, 11) is 0. The van der Waals surface area contributed by atoms with E-state index in [0.717, 1.165) is 37.8 Å². The number of hydrogen-bond donors (Lipinski definition) is 1. The third-order valence-corrected chi connectivity index (χ3v) is 6.19. The van der Waals surface area contributed by atoms with Crippen LogP contribution in [-0.4, -0.2) is 25.2 Å². The first kappa shape index (κ1) is 16.3. The van der Waals surface area contributed by atoms with E-state index in [-0.39, 0.29) is 17.4 Å². The summed E-state index contributed by atoms with van der Waals surface area (Å²) < 4.78 is 6.01. The molecular weight excluding hydrogens is 274 g/mol. The highest BCUT2D eigenvalue weighted by Crippen LogP contribution is 2.49. The molecule has 2 aliphatic carbocycles. The van der Waals surface area contributed by atoms with E-state index >= 15 is 0 Å². The Morgan fingerprint density at radius 1 is 1.14 bits per heavy atom. The average Bonchev–Trinajstić information content (AvgIpc) is 3.07. The summed E-state index contributed by atoms with van der Waals surface area (Å²) in [6.45, 7) is 8.40. The first-order valence-electron chi connectivity index (χ1n) is 9.32. The van der Waals surface area contributed by atoms with E-state index < -0.39 is 0 Å². The van der Waals surface area contributed by atoms with Gasteiger partial charge in [-0.1, -0.05) is 27.2 Å². The van der Waals surface area contributed by atoms with Crippen LogP contribution < -0.4 is 5.32 Å². The summed E-state index contributed by atoms with van der Waals surface area (Å²) in [5, 5.41) is 3.22. The van der Waals surface area contributed by atoms with Gasteiger partial charge in [0.25, 0.3) is 0 Å². The summed E-state index contributed by atoms with van der Waals surface area (Å²) in [5.74, 6) is 3.18. The molecule has 0 radical (unpaired) electrons. The van der Waals surface area contributed by atoms with Crippen LogP contribution in [0, 0.1) is 29.1 Å². The zero-order valence-corrected chi connectivity index (χ0v) is 14.6. The van der Waals surface area contributed by atoms with E-state index in [0.29, 0.717) is 11.8 Å². The molecule has 1 heterocycles. The van der Waals surface area contributed by atoms with Crippen LogP contribution in [-0.2, 0) is 9.53 Å². The maximum Gasteiger partial charge on any atom is 0.220 e. The standard InChI is InChI=1S/C19H33NO2/c1-19(2,3)18-15(5-4-8-22-18)12-20-17(21)11-16-10-13-6-7-14(16)9-13/h13-16,18H,4-12H2,1-3H3,(H,20,21)/t13-,14-,15+,16-,18+/m0/s1. The van der Waals surface area contributed by atoms with Crippen molar-refractivity contribution in [3.63, 3.8) is 0 Å². The summed E-state index contributed by atoms with van der Waals surface area (Å²) in [6.07, 6.45) is 8.80. The minimum atomic E-state index is 0.153. The Morgan fingerprint density at radius 3 is 2.59 bits per heavy atom. The van der Waals surface area contributed by atoms with E-state index in [1.54, 1.807) is 0 Å². The number of rotatable bonds is 4. The Bertz CT molecular complexity index is 401. The van der Waals surface area contributed by atoms with Crippen molar-refractivity contribution in [3.8, 4) is 0 Å². The van der Waals surface area contributed by atoms with Gasteiger partial charge in [0.1, 0.15) is 0 Å². The summed E-state index contributed by atoms with van der Waals surface area (Å²) >= 11 is 0. The predicted octanol–water partition coefficient (Wildman–Crippen LogP) is 3.77. The molecule has 3 rings (SSSR count). The van der Waals surface area contributed by atoms with Crippen LogP contribution in [0.4, 0.5) is 0 Å². The fourth-order valence-electron chi connectivity index (χ4n) is 5.19. The van der Waals surface area contributed by atoms with Gasteiger partial charge in [-0.3, -0.25) is 4.79 Å². The Kier molecular flexibility index (Phi) is 4.82. The fraction of sp³-hybridized carbons (Fsp3) is 0.947. The van der Waals surface area contributed by atoms with Crippen molar-refractivity contribution in [2.24, 2.45) is 29.1 Å². The normalized spacial score (nSPS) is 38.2. The van der Waals surface area contributed by atoms with E-state index in [1.165, 1.54) is 32.1 Å². The first-order valence-corrected chi connectivity index (χ1v) is 9.32. The maximum absolute atomic E-state index is 12.3. The van der Waals surface area contributed by atoms with Crippen LogP contribution >= 0.6 is 0 Å². The van der Waals surface area contributed by atoms with E-state index in [1.807, 2.05) is 0 Å². The zero-order valence-electron chi connectivity index (χ0n) is 14.6. The molecule has 1 amide bonds. The second kappa shape index (κ2) is 6.51. The molecule has 0 aromatic heterocycles. The monoisotopic (exact) mass is 307 g/mol. The molecule has 0 aromatic carbocycles. The summed E-state index contributed by atoms with van der Waals surface area (Å²) in [6, 6.07) is 0. The number of carbonyl (C=O) groups is 1. The lowest BCUT2D eigenvalue weighted by molar-refractivity contribution is -0.124. The minimum absolute atomic E-state index is 0.153. The third-order valence-electron chi connectivity index (χ3n) is 6.19. The highest BCUT2D eigenvalue weighted by atomic mass is 16.5. The molecule has 3 aliphatic rings. The molecule has 2 bridgehead atoms. The van der Waals surface area contributed by atoms with Gasteiger partial charge in [0, 0.05) is 25.5 Å². The van der Waals surface area contributed by atoms with Crippen molar-refractivity contribution in [1.29, 1.82) is 0 Å². The van der Waals surface area contributed by atoms with Crippen LogP contribution in [0.15, 0.2) is 0 Å². The van der Waals surface area contributed by atoms with Gasteiger partial charge in [-0.15, -0.1) is 0 Å². The molecule has 3 fully saturated rings. The number of amides is 1. The fourth-order valence-corrected chi connectivity index (χ4v) is 5.19. The lowest BCUT2D eigenvalue weighted by atomic mass is 9.78. The smallest absolute Gasteiger partial charge is 0.220 e. The van der Waals surface area contributed by atoms with Gasteiger partial charge in [-0.05, 0) is 55.3 Å². The second-order valence-corrected chi connectivity index (χ2v) is 9.00. The highest BCUT2D eigenvalue weighted by molar-refractivity contribution is 5.76. The molecule has 2 saturated carbocycles. The molecule has 1 saturated heterocycles. The summed E-state index contributed by atoms with van der Waals surface area (Å²) in [5.41, 5.74) is 0.153. The third kappa shape index (κ3) is 3.67.